The van der Waals surface area contributed by atoms with Crippen LogP contribution in [-0.4, -0.2) is 29.8 Å². The second-order valence-corrected chi connectivity index (χ2v) is 4.75. The molecule has 0 bridgehead atoms. The van der Waals surface area contributed by atoms with E-state index in [2.05, 4.69) is 32.7 Å². The van der Waals surface area contributed by atoms with Crippen LogP contribution in [0.2, 0.25) is 0 Å². The second-order valence-electron chi connectivity index (χ2n) is 4.75. The Morgan fingerprint density at radius 2 is 1.86 bits per heavy atom. The first-order chi connectivity index (χ1) is 6.40. The highest BCUT2D eigenvalue weighted by Crippen LogP contribution is 2.16. The molecule has 0 aliphatic rings. The van der Waals surface area contributed by atoms with Gasteiger partial charge in [0.2, 0.25) is 0 Å². The summed E-state index contributed by atoms with van der Waals surface area (Å²) in [6.07, 6.45) is 4.05. The molecule has 0 saturated carbocycles. The quantitative estimate of drug-likeness (QED) is 0.588. The van der Waals surface area contributed by atoms with Crippen LogP contribution in [0.5, 0.6) is 0 Å². The van der Waals surface area contributed by atoms with Crippen molar-refractivity contribution < 1.29 is 4.79 Å². The molecule has 0 fully saturated rings. The molecule has 0 aliphatic carbocycles. The highest BCUT2D eigenvalue weighted by molar-refractivity contribution is 5.75. The maximum atomic E-state index is 10.7. The minimum absolute atomic E-state index is 0.288. The highest BCUT2D eigenvalue weighted by Gasteiger charge is 2.19. The third-order valence-corrected chi connectivity index (χ3v) is 3.17. The minimum Gasteiger partial charge on any atom is -0.301 e. The average molecular weight is 199 g/mol. The first kappa shape index (κ1) is 13.6. The molecule has 0 unspecified atom stereocenters. The van der Waals surface area contributed by atoms with Gasteiger partial charge in [0.25, 0.3) is 0 Å². The first-order valence-corrected chi connectivity index (χ1v) is 5.61. The van der Waals surface area contributed by atoms with Crippen molar-refractivity contribution in [1.82, 2.24) is 4.90 Å². The van der Waals surface area contributed by atoms with Crippen LogP contribution in [0.25, 0.3) is 0 Å². The van der Waals surface area contributed by atoms with Crippen molar-refractivity contribution in [2.24, 2.45) is 0 Å². The monoisotopic (exact) mass is 199 g/mol. The van der Waals surface area contributed by atoms with E-state index < -0.39 is 0 Å². The van der Waals surface area contributed by atoms with Gasteiger partial charge in [0.1, 0.15) is 5.78 Å². The van der Waals surface area contributed by atoms with E-state index in [0.29, 0.717) is 5.78 Å². The lowest BCUT2D eigenvalue weighted by Gasteiger charge is -2.34. The molecule has 0 aromatic carbocycles. The molecule has 0 heterocycles. The molecule has 0 radical (unpaired) electrons. The molecule has 0 atom stereocenters. The van der Waals surface area contributed by atoms with Crippen LogP contribution >= 0.6 is 0 Å². The lowest BCUT2D eigenvalue weighted by atomic mass is 9.99. The van der Waals surface area contributed by atoms with Crippen LogP contribution in [0.3, 0.4) is 0 Å². The molecule has 0 N–H and O–H groups in total. The van der Waals surface area contributed by atoms with Gasteiger partial charge in [0, 0.05) is 12.0 Å². The molecule has 0 aromatic rings. The van der Waals surface area contributed by atoms with Crippen molar-refractivity contribution in [3.05, 3.63) is 0 Å². The largest absolute Gasteiger partial charge is 0.301 e. The second kappa shape index (κ2) is 6.18. The zero-order chi connectivity index (χ0) is 11.2. The SMILES string of the molecule is CCC(C)(C)N(C)CCCCC(C)=O. The molecular weight excluding hydrogens is 174 g/mol. The van der Waals surface area contributed by atoms with Gasteiger partial charge in [-0.1, -0.05) is 6.92 Å². The fraction of sp³-hybridized carbons (Fsp3) is 0.917. The van der Waals surface area contributed by atoms with Gasteiger partial charge >= 0.3 is 0 Å². The standard InChI is InChI=1S/C12H25NO/c1-6-12(3,4)13(5)10-8-7-9-11(2)14/h6-10H2,1-5H3. The Balaban J connectivity index is 3.63. The molecule has 0 spiro atoms. The van der Waals surface area contributed by atoms with Crippen molar-refractivity contribution in [3.63, 3.8) is 0 Å². The Kier molecular flexibility index (Phi) is 6.01. The summed E-state index contributed by atoms with van der Waals surface area (Å²) >= 11 is 0. The highest BCUT2D eigenvalue weighted by atomic mass is 16.1. The fourth-order valence-electron chi connectivity index (χ4n) is 1.30. The van der Waals surface area contributed by atoms with Gasteiger partial charge in [-0.05, 0) is 53.6 Å². The van der Waals surface area contributed by atoms with Gasteiger partial charge in [-0.2, -0.15) is 0 Å². The molecule has 84 valence electrons. The number of hydrogen-bond acceptors (Lipinski definition) is 2. The summed E-state index contributed by atoms with van der Waals surface area (Å²) < 4.78 is 0. The van der Waals surface area contributed by atoms with E-state index in [-0.39, 0.29) is 5.54 Å². The van der Waals surface area contributed by atoms with E-state index in [1.54, 1.807) is 6.92 Å². The third-order valence-electron chi connectivity index (χ3n) is 3.17. The van der Waals surface area contributed by atoms with Crippen molar-refractivity contribution in [2.75, 3.05) is 13.6 Å². The summed E-state index contributed by atoms with van der Waals surface area (Å²) in [5.41, 5.74) is 0.288. The summed E-state index contributed by atoms with van der Waals surface area (Å²) in [6, 6.07) is 0. The molecular formula is C12H25NO. The van der Waals surface area contributed by atoms with E-state index in [4.69, 9.17) is 0 Å². The minimum atomic E-state index is 0.288. The summed E-state index contributed by atoms with van der Waals surface area (Å²) in [5, 5.41) is 0. The third kappa shape index (κ3) is 5.38. The Hall–Kier alpha value is -0.370. The Morgan fingerprint density at radius 1 is 1.29 bits per heavy atom. The van der Waals surface area contributed by atoms with Gasteiger partial charge in [0.05, 0.1) is 0 Å². The maximum absolute atomic E-state index is 10.7. The molecule has 2 heteroatoms. The summed E-state index contributed by atoms with van der Waals surface area (Å²) in [7, 11) is 2.16. The predicted molar refractivity (Wildman–Crippen MR) is 61.5 cm³/mol. The summed E-state index contributed by atoms with van der Waals surface area (Å²) in [4.78, 5) is 13.1. The summed E-state index contributed by atoms with van der Waals surface area (Å²) in [6.45, 7) is 9.50. The zero-order valence-corrected chi connectivity index (χ0v) is 10.4. The molecule has 0 aliphatic heterocycles. The van der Waals surface area contributed by atoms with Gasteiger partial charge in [-0.25, -0.2) is 0 Å². The molecule has 0 aromatic heterocycles. The first-order valence-electron chi connectivity index (χ1n) is 5.61. The Labute approximate surface area is 88.7 Å². The Morgan fingerprint density at radius 3 is 2.29 bits per heavy atom. The number of unbranched alkanes of at least 4 members (excludes halogenated alkanes) is 1. The van der Waals surface area contributed by atoms with Gasteiger partial charge in [-0.3, -0.25) is 0 Å². The lowest BCUT2D eigenvalue weighted by Crippen LogP contribution is -2.40. The average Bonchev–Trinajstić information content (AvgIpc) is 2.11. The molecule has 0 amide bonds. The van der Waals surface area contributed by atoms with E-state index >= 15 is 0 Å². The summed E-state index contributed by atoms with van der Waals surface area (Å²) in [5.74, 6) is 0.308. The normalized spacial score (nSPS) is 12.1. The van der Waals surface area contributed by atoms with E-state index in [1.807, 2.05) is 0 Å². The van der Waals surface area contributed by atoms with E-state index in [9.17, 15) is 4.79 Å². The van der Waals surface area contributed by atoms with Crippen LogP contribution in [0, 0.1) is 0 Å². The number of hydrogen-bond donors (Lipinski definition) is 0. The molecule has 0 rings (SSSR count). The van der Waals surface area contributed by atoms with Crippen molar-refractivity contribution in [1.29, 1.82) is 0 Å². The lowest BCUT2D eigenvalue weighted by molar-refractivity contribution is -0.117. The van der Waals surface area contributed by atoms with Crippen molar-refractivity contribution in [2.45, 2.75) is 58.9 Å². The molecule has 14 heavy (non-hydrogen) atoms. The van der Waals surface area contributed by atoms with E-state index in [1.165, 1.54) is 0 Å². The van der Waals surface area contributed by atoms with Crippen LogP contribution < -0.4 is 0 Å². The number of carbonyl (C=O) groups is 1. The van der Waals surface area contributed by atoms with Gasteiger partial charge < -0.3 is 9.69 Å². The van der Waals surface area contributed by atoms with Crippen LogP contribution in [0.4, 0.5) is 0 Å². The fourth-order valence-corrected chi connectivity index (χ4v) is 1.30. The van der Waals surface area contributed by atoms with Gasteiger partial charge in [-0.15, -0.1) is 0 Å². The predicted octanol–water partition coefficient (Wildman–Crippen LogP) is 2.87. The maximum Gasteiger partial charge on any atom is 0.129 e. The van der Waals surface area contributed by atoms with Crippen LogP contribution in [0.1, 0.15) is 53.4 Å². The van der Waals surface area contributed by atoms with Crippen LogP contribution in [-0.2, 0) is 4.79 Å². The zero-order valence-electron chi connectivity index (χ0n) is 10.4. The Bertz CT molecular complexity index is 175. The van der Waals surface area contributed by atoms with Crippen molar-refractivity contribution >= 4 is 5.78 Å². The number of ketones is 1. The van der Waals surface area contributed by atoms with Crippen LogP contribution in [0.15, 0.2) is 0 Å². The number of Topliss-reactive ketones (excluding diaryl/α,β-unsaturated/α-hetero) is 1. The molecule has 2 nitrogen and oxygen atoms in total. The smallest absolute Gasteiger partial charge is 0.129 e. The number of rotatable bonds is 7. The topological polar surface area (TPSA) is 20.3 Å². The van der Waals surface area contributed by atoms with Crippen molar-refractivity contribution in [3.8, 4) is 0 Å². The number of nitrogens with zero attached hydrogens (tertiary/aromatic N) is 1. The molecule has 0 saturated heterocycles. The van der Waals surface area contributed by atoms with Gasteiger partial charge in [0.15, 0.2) is 0 Å². The number of carbonyl (C=O) groups excluding carboxylic acids is 1. The van der Waals surface area contributed by atoms with E-state index in [0.717, 1.165) is 32.2 Å².